The second-order valence-corrected chi connectivity index (χ2v) is 6.43. The van der Waals surface area contributed by atoms with Crippen molar-refractivity contribution >= 4 is 22.6 Å². The minimum Gasteiger partial charge on any atom is -0.467 e. The highest BCUT2D eigenvalue weighted by molar-refractivity contribution is 5.98. The average Bonchev–Trinajstić information content (AvgIpc) is 2.72. The van der Waals surface area contributed by atoms with Crippen molar-refractivity contribution < 1.29 is 27.5 Å². The van der Waals surface area contributed by atoms with Gasteiger partial charge in [-0.25, -0.2) is 4.79 Å². The van der Waals surface area contributed by atoms with E-state index in [0.29, 0.717) is 0 Å². The Kier molecular flexibility index (Phi) is 5.87. The third-order valence-corrected chi connectivity index (χ3v) is 4.57. The fourth-order valence-electron chi connectivity index (χ4n) is 3.19. The number of esters is 1. The lowest BCUT2D eigenvalue weighted by atomic mass is 9.98. The van der Waals surface area contributed by atoms with Gasteiger partial charge in [0.15, 0.2) is 0 Å². The zero-order chi connectivity index (χ0) is 21.0. The molecule has 3 aromatic rings. The lowest BCUT2D eigenvalue weighted by Gasteiger charge is -2.19. The standard InChI is InChI=1S/C22H18F3NO3/c1-29-21(28)19(13-15-9-6-8-14-7-2-3-10-16(14)15)26-20(27)17-11-4-5-12-18(17)22(23,24)25/h2-12,19H,13H2,1H3,(H,26,27)/t19-/m0/s1. The van der Waals surface area contributed by atoms with Crippen LogP contribution < -0.4 is 5.32 Å². The Hall–Kier alpha value is -3.35. The van der Waals surface area contributed by atoms with E-state index in [4.69, 9.17) is 4.74 Å². The number of ether oxygens (including phenoxy) is 1. The molecule has 0 saturated carbocycles. The van der Waals surface area contributed by atoms with Crippen molar-refractivity contribution in [3.8, 4) is 0 Å². The lowest BCUT2D eigenvalue weighted by Crippen LogP contribution is -2.43. The third kappa shape index (κ3) is 4.56. The monoisotopic (exact) mass is 401 g/mol. The van der Waals surface area contributed by atoms with Crippen LogP contribution in [0.2, 0.25) is 0 Å². The molecule has 0 aliphatic carbocycles. The lowest BCUT2D eigenvalue weighted by molar-refractivity contribution is -0.142. The summed E-state index contributed by atoms with van der Waals surface area (Å²) in [6, 6.07) is 16.3. The zero-order valence-corrected chi connectivity index (χ0v) is 15.5. The summed E-state index contributed by atoms with van der Waals surface area (Å²) >= 11 is 0. The highest BCUT2D eigenvalue weighted by Crippen LogP contribution is 2.32. The number of alkyl halides is 3. The van der Waals surface area contributed by atoms with Crippen LogP contribution in [0.25, 0.3) is 10.8 Å². The number of methoxy groups -OCH3 is 1. The molecule has 1 N–H and O–H groups in total. The molecule has 1 atom stereocenters. The van der Waals surface area contributed by atoms with Gasteiger partial charge in [-0.05, 0) is 28.5 Å². The van der Waals surface area contributed by atoms with Crippen LogP contribution in [0.5, 0.6) is 0 Å². The third-order valence-electron chi connectivity index (χ3n) is 4.57. The summed E-state index contributed by atoms with van der Waals surface area (Å²) in [5.74, 6) is -1.73. The van der Waals surface area contributed by atoms with Crippen LogP contribution in [0, 0.1) is 0 Å². The molecule has 0 aromatic heterocycles. The molecule has 0 aliphatic heterocycles. The zero-order valence-electron chi connectivity index (χ0n) is 15.5. The molecule has 0 fully saturated rings. The van der Waals surface area contributed by atoms with Gasteiger partial charge in [0, 0.05) is 6.42 Å². The fourth-order valence-corrected chi connectivity index (χ4v) is 3.19. The molecule has 150 valence electrons. The second kappa shape index (κ2) is 8.34. The van der Waals surface area contributed by atoms with Gasteiger partial charge in [0.1, 0.15) is 6.04 Å². The number of nitrogens with one attached hydrogen (secondary N) is 1. The van der Waals surface area contributed by atoms with Crippen LogP contribution in [0.1, 0.15) is 21.5 Å². The topological polar surface area (TPSA) is 55.4 Å². The van der Waals surface area contributed by atoms with Gasteiger partial charge in [0.05, 0.1) is 18.2 Å². The first-order valence-corrected chi connectivity index (χ1v) is 8.83. The molecule has 3 aromatic carbocycles. The van der Waals surface area contributed by atoms with Gasteiger partial charge >= 0.3 is 12.1 Å². The minimum absolute atomic E-state index is 0.0773. The van der Waals surface area contributed by atoms with Crippen molar-refractivity contribution in [2.45, 2.75) is 18.6 Å². The second-order valence-electron chi connectivity index (χ2n) is 6.43. The first-order chi connectivity index (χ1) is 13.8. The highest BCUT2D eigenvalue weighted by atomic mass is 19.4. The largest absolute Gasteiger partial charge is 0.467 e. The molecule has 7 heteroatoms. The molecular weight excluding hydrogens is 383 g/mol. The Bertz CT molecular complexity index is 1040. The summed E-state index contributed by atoms with van der Waals surface area (Å²) in [6.07, 6.45) is -4.61. The summed E-state index contributed by atoms with van der Waals surface area (Å²) in [4.78, 5) is 24.8. The Balaban J connectivity index is 1.91. The van der Waals surface area contributed by atoms with E-state index in [-0.39, 0.29) is 6.42 Å². The van der Waals surface area contributed by atoms with Crippen molar-refractivity contribution in [3.63, 3.8) is 0 Å². The van der Waals surface area contributed by atoms with E-state index in [1.54, 1.807) is 6.07 Å². The molecule has 0 saturated heterocycles. The molecule has 29 heavy (non-hydrogen) atoms. The van der Waals surface area contributed by atoms with Crippen LogP contribution in [0.15, 0.2) is 66.7 Å². The Morgan fingerprint density at radius 1 is 0.966 bits per heavy atom. The minimum atomic E-state index is -4.69. The highest BCUT2D eigenvalue weighted by Gasteiger charge is 2.35. The fraction of sp³-hybridized carbons (Fsp3) is 0.182. The molecular formula is C22H18F3NO3. The number of halogens is 3. The summed E-state index contributed by atoms with van der Waals surface area (Å²) in [7, 11) is 1.16. The van der Waals surface area contributed by atoms with Gasteiger partial charge in [0.2, 0.25) is 0 Å². The molecule has 0 bridgehead atoms. The van der Waals surface area contributed by atoms with Crippen LogP contribution in [-0.4, -0.2) is 25.0 Å². The number of carbonyl (C=O) groups is 2. The summed E-state index contributed by atoms with van der Waals surface area (Å²) in [5.41, 5.74) is -0.846. The number of benzene rings is 3. The number of hydrogen-bond donors (Lipinski definition) is 1. The van der Waals surface area contributed by atoms with Crippen molar-refractivity contribution in [1.29, 1.82) is 0 Å². The molecule has 3 rings (SSSR count). The van der Waals surface area contributed by atoms with Crippen molar-refractivity contribution in [3.05, 3.63) is 83.4 Å². The van der Waals surface area contributed by atoms with E-state index in [9.17, 15) is 22.8 Å². The maximum atomic E-state index is 13.2. The van der Waals surface area contributed by atoms with Crippen LogP contribution in [-0.2, 0) is 22.1 Å². The smallest absolute Gasteiger partial charge is 0.417 e. The summed E-state index contributed by atoms with van der Waals surface area (Å²) in [6.45, 7) is 0. The molecule has 0 unspecified atom stereocenters. The van der Waals surface area contributed by atoms with E-state index in [2.05, 4.69) is 5.32 Å². The van der Waals surface area contributed by atoms with E-state index < -0.39 is 35.2 Å². The quantitative estimate of drug-likeness (QED) is 0.646. The number of hydrogen-bond acceptors (Lipinski definition) is 3. The van der Waals surface area contributed by atoms with Gasteiger partial charge in [0.25, 0.3) is 5.91 Å². The van der Waals surface area contributed by atoms with Crippen molar-refractivity contribution in [2.75, 3.05) is 7.11 Å². The van der Waals surface area contributed by atoms with Gasteiger partial charge in [-0.3, -0.25) is 4.79 Å². The van der Waals surface area contributed by atoms with Gasteiger partial charge < -0.3 is 10.1 Å². The molecule has 0 radical (unpaired) electrons. The van der Waals surface area contributed by atoms with Crippen LogP contribution in [0.3, 0.4) is 0 Å². The maximum Gasteiger partial charge on any atom is 0.417 e. The van der Waals surface area contributed by atoms with Gasteiger partial charge in [-0.15, -0.1) is 0 Å². The summed E-state index contributed by atoms with van der Waals surface area (Å²) in [5, 5.41) is 4.23. The first-order valence-electron chi connectivity index (χ1n) is 8.83. The predicted molar refractivity (Wildman–Crippen MR) is 102 cm³/mol. The average molecular weight is 401 g/mol. The van der Waals surface area contributed by atoms with Crippen LogP contribution >= 0.6 is 0 Å². The molecule has 4 nitrogen and oxygen atoms in total. The van der Waals surface area contributed by atoms with E-state index in [1.165, 1.54) is 12.1 Å². The molecule has 0 heterocycles. The SMILES string of the molecule is COC(=O)[C@H](Cc1cccc2ccccc12)NC(=O)c1ccccc1C(F)(F)F. The van der Waals surface area contributed by atoms with E-state index >= 15 is 0 Å². The number of fused-ring (bicyclic) bond motifs is 1. The molecule has 0 spiro atoms. The number of amides is 1. The number of rotatable bonds is 5. The van der Waals surface area contributed by atoms with Crippen molar-refractivity contribution in [1.82, 2.24) is 5.32 Å². The Labute approximate surface area is 165 Å². The predicted octanol–water partition coefficient (Wildman–Crippen LogP) is 4.37. The van der Waals surface area contributed by atoms with E-state index in [0.717, 1.165) is 35.6 Å². The number of carbonyl (C=O) groups excluding carboxylic acids is 2. The molecule has 1 amide bonds. The van der Waals surface area contributed by atoms with E-state index in [1.807, 2.05) is 36.4 Å². The molecule has 0 aliphatic rings. The first kappa shape index (κ1) is 20.4. The maximum absolute atomic E-state index is 13.2. The summed E-state index contributed by atoms with van der Waals surface area (Å²) < 4.78 is 44.4. The van der Waals surface area contributed by atoms with Gasteiger partial charge in [-0.1, -0.05) is 54.6 Å². The Morgan fingerprint density at radius 3 is 2.34 bits per heavy atom. The van der Waals surface area contributed by atoms with Crippen LogP contribution in [0.4, 0.5) is 13.2 Å². The van der Waals surface area contributed by atoms with Crippen molar-refractivity contribution in [2.24, 2.45) is 0 Å². The Morgan fingerprint density at radius 2 is 1.62 bits per heavy atom. The van der Waals surface area contributed by atoms with Gasteiger partial charge in [-0.2, -0.15) is 13.2 Å². The normalized spacial score (nSPS) is 12.4.